The molecule has 5 heteroatoms. The van der Waals surface area contributed by atoms with Gasteiger partial charge in [0.05, 0.1) is 6.04 Å². The fourth-order valence-corrected chi connectivity index (χ4v) is 2.90. The maximum Gasteiger partial charge on any atom is 0.315 e. The lowest BCUT2D eigenvalue weighted by Crippen LogP contribution is -2.39. The summed E-state index contributed by atoms with van der Waals surface area (Å²) in [6.07, 6.45) is 2.70. The third-order valence-corrected chi connectivity index (χ3v) is 4.50. The molecule has 2 aromatic rings. The minimum absolute atomic E-state index is 0.00396. The molecule has 126 valence electrons. The van der Waals surface area contributed by atoms with Gasteiger partial charge in [-0.15, -0.1) is 0 Å². The smallest absolute Gasteiger partial charge is 0.315 e. The summed E-state index contributed by atoms with van der Waals surface area (Å²) in [7, 11) is 0. The van der Waals surface area contributed by atoms with Gasteiger partial charge in [-0.1, -0.05) is 41.9 Å². The lowest BCUT2D eigenvalue weighted by molar-refractivity contribution is 0.235. The fraction of sp³-hybridized carbons (Fsp3) is 0.316. The number of benzene rings is 2. The van der Waals surface area contributed by atoms with Crippen LogP contribution >= 0.6 is 11.6 Å². The van der Waals surface area contributed by atoms with Crippen molar-refractivity contribution in [1.82, 2.24) is 10.6 Å². The second-order valence-electron chi connectivity index (χ2n) is 6.11. The molecule has 1 saturated carbocycles. The van der Waals surface area contributed by atoms with E-state index in [-0.39, 0.29) is 17.9 Å². The molecule has 1 unspecified atom stereocenters. The van der Waals surface area contributed by atoms with Crippen molar-refractivity contribution in [3.8, 4) is 0 Å². The first-order chi connectivity index (χ1) is 11.6. The van der Waals surface area contributed by atoms with Gasteiger partial charge in [0.25, 0.3) is 0 Å². The SMILES string of the molecule is O=C(NCCc1ccccc1F)NC(c1ccc(Cl)cc1)C1CC1. The highest BCUT2D eigenvalue weighted by Gasteiger charge is 2.33. The molecule has 3 nitrogen and oxygen atoms in total. The summed E-state index contributed by atoms with van der Waals surface area (Å²) in [5, 5.41) is 6.52. The molecule has 24 heavy (non-hydrogen) atoms. The van der Waals surface area contributed by atoms with Gasteiger partial charge in [0.15, 0.2) is 0 Å². The molecule has 0 heterocycles. The summed E-state index contributed by atoms with van der Waals surface area (Å²) in [5.74, 6) is 0.236. The number of carbonyl (C=O) groups excluding carboxylic acids is 1. The van der Waals surface area contributed by atoms with Crippen LogP contribution in [0, 0.1) is 11.7 Å². The van der Waals surface area contributed by atoms with E-state index in [2.05, 4.69) is 10.6 Å². The molecule has 1 aliphatic carbocycles. The Morgan fingerprint density at radius 2 is 1.88 bits per heavy atom. The third kappa shape index (κ3) is 4.48. The maximum atomic E-state index is 13.6. The van der Waals surface area contributed by atoms with Gasteiger partial charge in [0, 0.05) is 11.6 Å². The van der Waals surface area contributed by atoms with Crippen LogP contribution in [0.15, 0.2) is 48.5 Å². The van der Waals surface area contributed by atoms with Crippen molar-refractivity contribution in [2.45, 2.75) is 25.3 Å². The highest BCUT2D eigenvalue weighted by atomic mass is 35.5. The molecule has 0 saturated heterocycles. The van der Waals surface area contributed by atoms with E-state index in [4.69, 9.17) is 11.6 Å². The van der Waals surface area contributed by atoms with Crippen molar-refractivity contribution in [3.05, 3.63) is 70.5 Å². The van der Waals surface area contributed by atoms with Crippen molar-refractivity contribution < 1.29 is 9.18 Å². The van der Waals surface area contributed by atoms with Gasteiger partial charge < -0.3 is 10.6 Å². The summed E-state index contributed by atoms with van der Waals surface area (Å²) in [6, 6.07) is 14.0. The van der Waals surface area contributed by atoms with Gasteiger partial charge in [-0.2, -0.15) is 0 Å². The number of urea groups is 1. The number of halogens is 2. The Kier molecular flexibility index (Phi) is 5.36. The summed E-state index contributed by atoms with van der Waals surface area (Å²) >= 11 is 5.93. The minimum Gasteiger partial charge on any atom is -0.338 e. The quantitative estimate of drug-likeness (QED) is 0.796. The highest BCUT2D eigenvalue weighted by molar-refractivity contribution is 6.30. The first-order valence-electron chi connectivity index (χ1n) is 8.17. The van der Waals surface area contributed by atoms with Crippen LogP contribution in [0.4, 0.5) is 9.18 Å². The Morgan fingerprint density at radius 1 is 1.17 bits per heavy atom. The predicted octanol–water partition coefficient (Wildman–Crippen LogP) is 4.47. The van der Waals surface area contributed by atoms with Crippen LogP contribution < -0.4 is 10.6 Å². The molecule has 1 fully saturated rings. The standard InChI is InChI=1S/C19H20ClFN2O/c20-16-9-7-15(8-10-16)18(14-5-6-14)23-19(24)22-12-11-13-3-1-2-4-17(13)21/h1-4,7-10,14,18H,5-6,11-12H2,(H2,22,23,24). The number of amides is 2. The van der Waals surface area contributed by atoms with Crippen molar-refractivity contribution in [3.63, 3.8) is 0 Å². The lowest BCUT2D eigenvalue weighted by Gasteiger charge is -2.19. The zero-order chi connectivity index (χ0) is 16.9. The largest absolute Gasteiger partial charge is 0.338 e. The Bertz CT molecular complexity index is 701. The Hall–Kier alpha value is -2.07. The van der Waals surface area contributed by atoms with E-state index in [1.54, 1.807) is 18.2 Å². The number of nitrogens with one attached hydrogen (secondary N) is 2. The fourth-order valence-electron chi connectivity index (χ4n) is 2.78. The highest BCUT2D eigenvalue weighted by Crippen LogP contribution is 2.41. The molecule has 1 aliphatic rings. The Labute approximate surface area is 146 Å². The average Bonchev–Trinajstić information content (AvgIpc) is 3.40. The minimum atomic E-state index is -0.239. The first kappa shape index (κ1) is 16.8. The molecule has 0 radical (unpaired) electrons. The van der Waals surface area contributed by atoms with Crippen LogP contribution in [-0.4, -0.2) is 12.6 Å². The van der Waals surface area contributed by atoms with E-state index in [1.165, 1.54) is 6.07 Å². The second kappa shape index (κ2) is 7.67. The molecule has 2 aromatic carbocycles. The molecule has 0 spiro atoms. The Morgan fingerprint density at radius 3 is 2.54 bits per heavy atom. The predicted molar refractivity (Wildman–Crippen MR) is 93.6 cm³/mol. The summed E-state index contributed by atoms with van der Waals surface area (Å²) < 4.78 is 13.6. The van der Waals surface area contributed by atoms with E-state index in [9.17, 15) is 9.18 Å². The van der Waals surface area contributed by atoms with Crippen LogP contribution in [0.3, 0.4) is 0 Å². The van der Waals surface area contributed by atoms with Crippen molar-refractivity contribution in [1.29, 1.82) is 0 Å². The van der Waals surface area contributed by atoms with Crippen LogP contribution in [0.2, 0.25) is 5.02 Å². The summed E-state index contributed by atoms with van der Waals surface area (Å²) in [5.41, 5.74) is 1.67. The molecule has 0 bridgehead atoms. The number of hydrogen-bond donors (Lipinski definition) is 2. The van der Waals surface area contributed by atoms with Crippen LogP contribution in [0.25, 0.3) is 0 Å². The van der Waals surface area contributed by atoms with Crippen molar-refractivity contribution in [2.75, 3.05) is 6.54 Å². The van der Waals surface area contributed by atoms with E-state index in [0.717, 1.165) is 18.4 Å². The van der Waals surface area contributed by atoms with E-state index >= 15 is 0 Å². The third-order valence-electron chi connectivity index (χ3n) is 4.25. The molecule has 2 amide bonds. The zero-order valence-electron chi connectivity index (χ0n) is 13.3. The number of hydrogen-bond acceptors (Lipinski definition) is 1. The number of rotatable bonds is 6. The number of carbonyl (C=O) groups is 1. The first-order valence-corrected chi connectivity index (χ1v) is 8.54. The van der Waals surface area contributed by atoms with Crippen LogP contribution in [0.5, 0.6) is 0 Å². The van der Waals surface area contributed by atoms with Crippen molar-refractivity contribution >= 4 is 17.6 Å². The van der Waals surface area contributed by atoms with Crippen LogP contribution in [-0.2, 0) is 6.42 Å². The van der Waals surface area contributed by atoms with E-state index < -0.39 is 0 Å². The van der Waals surface area contributed by atoms with Crippen molar-refractivity contribution in [2.24, 2.45) is 5.92 Å². The van der Waals surface area contributed by atoms with Crippen LogP contribution in [0.1, 0.15) is 30.0 Å². The average molecular weight is 347 g/mol. The molecular weight excluding hydrogens is 327 g/mol. The van der Waals surface area contributed by atoms with E-state index in [0.29, 0.717) is 29.5 Å². The molecular formula is C19H20ClFN2O. The zero-order valence-corrected chi connectivity index (χ0v) is 14.0. The summed E-state index contributed by atoms with van der Waals surface area (Å²) in [6.45, 7) is 0.394. The van der Waals surface area contributed by atoms with Gasteiger partial charge in [-0.25, -0.2) is 9.18 Å². The van der Waals surface area contributed by atoms with Gasteiger partial charge in [-0.05, 0) is 54.5 Å². The molecule has 1 atom stereocenters. The topological polar surface area (TPSA) is 41.1 Å². The Balaban J connectivity index is 1.53. The monoisotopic (exact) mass is 346 g/mol. The van der Waals surface area contributed by atoms with Gasteiger partial charge in [0.2, 0.25) is 0 Å². The van der Waals surface area contributed by atoms with Gasteiger partial charge in [-0.3, -0.25) is 0 Å². The molecule has 0 aliphatic heterocycles. The lowest BCUT2D eigenvalue weighted by atomic mass is 10.0. The van der Waals surface area contributed by atoms with Gasteiger partial charge >= 0.3 is 6.03 Å². The van der Waals surface area contributed by atoms with Gasteiger partial charge in [0.1, 0.15) is 5.82 Å². The molecule has 3 rings (SSSR count). The second-order valence-corrected chi connectivity index (χ2v) is 6.54. The summed E-state index contributed by atoms with van der Waals surface area (Å²) in [4.78, 5) is 12.2. The molecule has 0 aromatic heterocycles. The molecule has 2 N–H and O–H groups in total. The normalized spacial score (nSPS) is 14.9. The maximum absolute atomic E-state index is 13.6. The van der Waals surface area contributed by atoms with E-state index in [1.807, 2.05) is 24.3 Å².